The second-order valence-electron chi connectivity index (χ2n) is 8.73. The first-order chi connectivity index (χ1) is 19.0. The number of carbonyl (C=O) groups is 1. The third-order valence-electron chi connectivity index (χ3n) is 6.13. The normalized spacial score (nSPS) is 15.1. The molecule has 4 aromatic rings. The van der Waals surface area contributed by atoms with Crippen molar-refractivity contribution in [2.45, 2.75) is 33.4 Å². The van der Waals surface area contributed by atoms with Crippen LogP contribution in [-0.2, 0) is 16.1 Å². The van der Waals surface area contributed by atoms with Gasteiger partial charge in [-0.1, -0.05) is 53.8 Å². The molecule has 1 atom stereocenters. The maximum atomic E-state index is 13.7. The van der Waals surface area contributed by atoms with Crippen molar-refractivity contribution in [3.05, 3.63) is 113 Å². The number of hydrogen-bond acceptors (Lipinski definition) is 8. The summed E-state index contributed by atoms with van der Waals surface area (Å²) in [6, 6.07) is 18.8. The van der Waals surface area contributed by atoms with Crippen molar-refractivity contribution in [2.75, 3.05) is 13.2 Å². The summed E-state index contributed by atoms with van der Waals surface area (Å²) in [6.45, 7) is 6.60. The predicted molar refractivity (Wildman–Crippen MR) is 153 cm³/mol. The first-order valence-electron chi connectivity index (χ1n) is 12.7. The van der Waals surface area contributed by atoms with Gasteiger partial charge in [0, 0.05) is 4.88 Å². The van der Waals surface area contributed by atoms with Crippen LogP contribution in [0.3, 0.4) is 0 Å². The number of nitrogens with zero attached hydrogens (tertiary/aromatic N) is 2. The quantitative estimate of drug-likeness (QED) is 0.274. The van der Waals surface area contributed by atoms with E-state index in [9.17, 15) is 9.59 Å². The Bertz CT molecular complexity index is 1690. The van der Waals surface area contributed by atoms with E-state index in [4.69, 9.17) is 14.2 Å². The number of esters is 1. The van der Waals surface area contributed by atoms with Gasteiger partial charge in [0.15, 0.2) is 16.3 Å². The fraction of sp³-hybridized carbons (Fsp3) is 0.233. The average Bonchev–Trinajstić information content (AvgIpc) is 3.57. The van der Waals surface area contributed by atoms with Gasteiger partial charge < -0.3 is 14.2 Å². The molecule has 1 aliphatic heterocycles. The molecule has 0 spiro atoms. The molecule has 0 fully saturated rings. The Kier molecular flexibility index (Phi) is 8.09. The summed E-state index contributed by atoms with van der Waals surface area (Å²) < 4.78 is 19.3. The van der Waals surface area contributed by atoms with E-state index in [1.54, 1.807) is 18.4 Å². The third-order valence-corrected chi connectivity index (χ3v) is 8.04. The number of rotatable bonds is 9. The number of aromatic nitrogens is 1. The Morgan fingerprint density at radius 2 is 1.85 bits per heavy atom. The van der Waals surface area contributed by atoms with Crippen molar-refractivity contribution >= 4 is 34.7 Å². The zero-order chi connectivity index (χ0) is 27.4. The van der Waals surface area contributed by atoms with Crippen LogP contribution in [0.1, 0.15) is 42.8 Å². The van der Waals surface area contributed by atoms with Crippen LogP contribution in [0.25, 0.3) is 6.08 Å². The third kappa shape index (κ3) is 5.60. The van der Waals surface area contributed by atoms with Gasteiger partial charge in [-0.2, -0.15) is 0 Å². The molecular formula is C30H28N2O5S2. The van der Waals surface area contributed by atoms with Crippen molar-refractivity contribution in [1.82, 2.24) is 4.57 Å². The summed E-state index contributed by atoms with van der Waals surface area (Å²) >= 11 is 2.78. The molecular weight excluding hydrogens is 532 g/mol. The van der Waals surface area contributed by atoms with Crippen molar-refractivity contribution in [1.29, 1.82) is 0 Å². The molecule has 9 heteroatoms. The van der Waals surface area contributed by atoms with Crippen LogP contribution in [0.4, 0.5) is 0 Å². The number of carbonyl (C=O) groups excluding carboxylic acids is 1. The van der Waals surface area contributed by atoms with Gasteiger partial charge in [0.05, 0.1) is 29.0 Å². The molecule has 200 valence electrons. The Balaban J connectivity index is 1.54. The molecule has 0 unspecified atom stereocenters. The Morgan fingerprint density at radius 1 is 1.03 bits per heavy atom. The molecule has 39 heavy (non-hydrogen) atoms. The van der Waals surface area contributed by atoms with Gasteiger partial charge in [-0.25, -0.2) is 9.79 Å². The fourth-order valence-corrected chi connectivity index (χ4v) is 6.27. The smallest absolute Gasteiger partial charge is 0.338 e. The monoisotopic (exact) mass is 560 g/mol. The van der Waals surface area contributed by atoms with Crippen molar-refractivity contribution in [3.63, 3.8) is 0 Å². The summed E-state index contributed by atoms with van der Waals surface area (Å²) in [5, 5.41) is 1.93. The number of ether oxygens (including phenoxy) is 3. The van der Waals surface area contributed by atoms with E-state index in [-0.39, 0.29) is 12.2 Å². The van der Waals surface area contributed by atoms with E-state index in [1.807, 2.05) is 79.0 Å². The second-order valence-corrected chi connectivity index (χ2v) is 10.7. The number of thiophene rings is 1. The lowest BCUT2D eigenvalue weighted by Gasteiger charge is -2.23. The summed E-state index contributed by atoms with van der Waals surface area (Å²) in [7, 11) is 0. The van der Waals surface area contributed by atoms with Crippen LogP contribution in [0.15, 0.2) is 87.1 Å². The first kappa shape index (κ1) is 26.6. The van der Waals surface area contributed by atoms with Crippen LogP contribution in [0.5, 0.6) is 11.5 Å². The maximum absolute atomic E-state index is 13.7. The Labute approximate surface area is 234 Å². The van der Waals surface area contributed by atoms with Gasteiger partial charge in [-0.3, -0.25) is 9.36 Å². The molecule has 2 aromatic carbocycles. The molecule has 1 aliphatic rings. The van der Waals surface area contributed by atoms with Crippen LogP contribution < -0.4 is 24.4 Å². The van der Waals surface area contributed by atoms with Crippen LogP contribution >= 0.6 is 22.7 Å². The lowest BCUT2D eigenvalue weighted by molar-refractivity contribution is -0.139. The predicted octanol–water partition coefficient (Wildman–Crippen LogP) is 4.84. The minimum absolute atomic E-state index is 0.214. The number of thiazole rings is 1. The van der Waals surface area contributed by atoms with Gasteiger partial charge in [-0.15, -0.1) is 11.3 Å². The zero-order valence-corrected chi connectivity index (χ0v) is 23.5. The van der Waals surface area contributed by atoms with Crippen molar-refractivity contribution < 1.29 is 19.0 Å². The average molecular weight is 561 g/mol. The van der Waals surface area contributed by atoms with E-state index in [0.717, 1.165) is 16.0 Å². The molecule has 7 nitrogen and oxygen atoms in total. The van der Waals surface area contributed by atoms with Gasteiger partial charge >= 0.3 is 5.97 Å². The summed E-state index contributed by atoms with van der Waals surface area (Å²) in [5.74, 6) is 0.775. The molecule has 0 N–H and O–H groups in total. The zero-order valence-electron chi connectivity index (χ0n) is 21.9. The van der Waals surface area contributed by atoms with Gasteiger partial charge in [0.1, 0.15) is 12.6 Å². The SMILES string of the molecule is CCOC(=O)C1=C(C)N=c2s/c(=C/c3ccc(OCc4ccccc4)c(OCC)c3)c(=O)n2[C@@H]1c1cccs1. The molecule has 0 saturated carbocycles. The molecule has 0 aliphatic carbocycles. The molecule has 0 radical (unpaired) electrons. The summed E-state index contributed by atoms with van der Waals surface area (Å²) in [6.07, 6.45) is 1.82. The van der Waals surface area contributed by atoms with Crippen molar-refractivity contribution in [3.8, 4) is 11.5 Å². The summed E-state index contributed by atoms with van der Waals surface area (Å²) in [4.78, 5) is 32.7. The highest BCUT2D eigenvalue weighted by atomic mass is 32.1. The van der Waals surface area contributed by atoms with E-state index in [0.29, 0.717) is 45.3 Å². The number of benzene rings is 2. The van der Waals surface area contributed by atoms with Gasteiger partial charge in [0.25, 0.3) is 5.56 Å². The van der Waals surface area contributed by atoms with Gasteiger partial charge in [-0.05, 0) is 61.6 Å². The van der Waals surface area contributed by atoms with Crippen LogP contribution in [0, 0.1) is 0 Å². The molecule has 0 saturated heterocycles. The lowest BCUT2D eigenvalue weighted by atomic mass is 10.0. The second kappa shape index (κ2) is 11.8. The van der Waals surface area contributed by atoms with Crippen LogP contribution in [-0.4, -0.2) is 23.8 Å². The molecule has 5 rings (SSSR count). The number of allylic oxidation sites excluding steroid dienone is 1. The maximum Gasteiger partial charge on any atom is 0.338 e. The highest BCUT2D eigenvalue weighted by Crippen LogP contribution is 2.33. The summed E-state index contributed by atoms with van der Waals surface area (Å²) in [5.41, 5.74) is 2.58. The van der Waals surface area contributed by atoms with E-state index in [1.165, 1.54) is 22.7 Å². The molecule has 0 amide bonds. The van der Waals surface area contributed by atoms with Crippen LogP contribution in [0.2, 0.25) is 0 Å². The Hall–Kier alpha value is -3.95. The molecule has 0 bridgehead atoms. The highest BCUT2D eigenvalue weighted by molar-refractivity contribution is 7.10. The van der Waals surface area contributed by atoms with E-state index < -0.39 is 12.0 Å². The Morgan fingerprint density at radius 3 is 2.56 bits per heavy atom. The van der Waals surface area contributed by atoms with Crippen molar-refractivity contribution in [2.24, 2.45) is 4.99 Å². The first-order valence-corrected chi connectivity index (χ1v) is 14.4. The highest BCUT2D eigenvalue weighted by Gasteiger charge is 2.33. The fourth-order valence-electron chi connectivity index (χ4n) is 4.40. The molecule has 2 aromatic heterocycles. The number of hydrogen-bond donors (Lipinski definition) is 0. The van der Waals surface area contributed by atoms with E-state index in [2.05, 4.69) is 4.99 Å². The molecule has 3 heterocycles. The standard InChI is InChI=1S/C30H28N2O5S2/c1-4-35-23-16-21(13-14-22(23)37-18-20-10-7-6-8-11-20)17-25-28(33)32-27(24-12-9-15-38-24)26(29(34)36-5-2)19(3)31-30(32)39-25/h6-17,27H,4-5,18H2,1-3H3/b25-17+/t27-/m1/s1. The van der Waals surface area contributed by atoms with E-state index >= 15 is 0 Å². The number of fused-ring (bicyclic) bond motifs is 1. The lowest BCUT2D eigenvalue weighted by Crippen LogP contribution is -2.39. The topological polar surface area (TPSA) is 79.1 Å². The largest absolute Gasteiger partial charge is 0.490 e. The minimum atomic E-state index is -0.588. The minimum Gasteiger partial charge on any atom is -0.490 e. The van der Waals surface area contributed by atoms with Gasteiger partial charge in [0.2, 0.25) is 0 Å².